The average Bonchev–Trinajstić information content (AvgIpc) is 2.89. The van der Waals surface area contributed by atoms with Gasteiger partial charge in [-0.1, -0.05) is 36.4 Å². The first-order valence-corrected chi connectivity index (χ1v) is 13.2. The fraction of sp³-hybridized carbons (Fsp3) is 0.444. The number of fused-ring (bicyclic) bond motifs is 2. The molecule has 0 bridgehead atoms. The summed E-state index contributed by atoms with van der Waals surface area (Å²) in [6.07, 6.45) is 0.806. The minimum absolute atomic E-state index is 0. The van der Waals surface area contributed by atoms with Gasteiger partial charge in [0.15, 0.2) is 34.6 Å². The van der Waals surface area contributed by atoms with Gasteiger partial charge in [0.1, 0.15) is 11.5 Å². The van der Waals surface area contributed by atoms with Gasteiger partial charge in [-0.25, -0.2) is 0 Å². The Balaban J connectivity index is -0.000000551. The number of phenols is 1. The molecule has 2 aromatic carbocycles. The summed E-state index contributed by atoms with van der Waals surface area (Å²) in [5.74, 6) is 2.59. The molecule has 0 saturated carbocycles. The summed E-state index contributed by atoms with van der Waals surface area (Å²) < 4.78 is 27.3. The molecule has 2 aliphatic heterocycles. The van der Waals surface area contributed by atoms with Crippen LogP contribution in [-0.4, -0.2) is 60.6 Å². The molecule has 0 aromatic heterocycles. The Hall–Kier alpha value is 0.0127. The molecule has 0 saturated heterocycles. The predicted octanol–water partition coefficient (Wildman–Crippen LogP) is -1.80. The van der Waals surface area contributed by atoms with E-state index in [0.29, 0.717) is 65.9 Å². The molecule has 0 aliphatic carbocycles. The fourth-order valence-corrected chi connectivity index (χ4v) is 3.21. The minimum atomic E-state index is -0.181. The molecule has 0 atom stereocenters. The van der Waals surface area contributed by atoms with Gasteiger partial charge in [-0.3, -0.25) is 14.4 Å². The SMILES string of the molecule is CC(C)I.COc1cc2c(cc1O)C(=O)CCO2.COc1cc2c(cc1OC(C)C)C(=O)CCO2.O=CO[O-].[H-].[K+].[K+]. The zero-order chi connectivity index (χ0) is 29.5. The molecule has 0 radical (unpaired) electrons. The molecule has 218 valence electrons. The number of ketones is 2. The van der Waals surface area contributed by atoms with Gasteiger partial charge in [0.2, 0.25) is 0 Å². The van der Waals surface area contributed by atoms with E-state index in [4.69, 9.17) is 33.7 Å². The number of phenolic OH excluding ortho intramolecular Hbond substituents is 1. The predicted molar refractivity (Wildman–Crippen MR) is 150 cm³/mol. The van der Waals surface area contributed by atoms with E-state index in [1.54, 1.807) is 19.2 Å². The number of benzene rings is 2. The molecule has 0 fully saturated rings. The third-order valence-corrected chi connectivity index (χ3v) is 4.72. The Morgan fingerprint density at radius 2 is 1.29 bits per heavy atom. The van der Waals surface area contributed by atoms with Crippen molar-refractivity contribution in [3.05, 3.63) is 35.4 Å². The maximum atomic E-state index is 11.7. The van der Waals surface area contributed by atoms with Crippen LogP contribution in [0.3, 0.4) is 0 Å². The van der Waals surface area contributed by atoms with E-state index in [0.717, 1.165) is 3.92 Å². The second-order valence-corrected chi connectivity index (χ2v) is 10.9. The number of methoxy groups -OCH3 is 2. The number of alkyl halides is 1. The van der Waals surface area contributed by atoms with E-state index in [1.807, 2.05) is 13.8 Å². The molecule has 1 N–H and O–H groups in total. The summed E-state index contributed by atoms with van der Waals surface area (Å²) in [4.78, 5) is 34.4. The van der Waals surface area contributed by atoms with Crippen LogP contribution >= 0.6 is 22.6 Å². The average molecular weight is 741 g/mol. The normalized spacial score (nSPS) is 12.2. The summed E-state index contributed by atoms with van der Waals surface area (Å²) in [5, 5.41) is 17.9. The van der Waals surface area contributed by atoms with Crippen LogP contribution in [0.25, 0.3) is 0 Å². The van der Waals surface area contributed by atoms with E-state index in [2.05, 4.69) is 41.3 Å². The molecule has 0 amide bonds. The molecule has 11 nitrogen and oxygen atoms in total. The summed E-state index contributed by atoms with van der Waals surface area (Å²) in [7, 11) is 3.02. The zero-order valence-electron chi connectivity index (χ0n) is 25.8. The largest absolute Gasteiger partial charge is 1.00 e. The van der Waals surface area contributed by atoms with Crippen LogP contribution in [0, 0.1) is 0 Å². The number of Topliss-reactive ketones (excluding diaryl/α,β-unsaturated/α-hetero) is 2. The minimum Gasteiger partial charge on any atom is -1.00 e. The summed E-state index contributed by atoms with van der Waals surface area (Å²) in [6.45, 7) is 8.80. The third-order valence-electron chi connectivity index (χ3n) is 4.72. The number of hydrogen-bond acceptors (Lipinski definition) is 11. The molecule has 2 heterocycles. The van der Waals surface area contributed by atoms with Crippen LogP contribution in [-0.2, 0) is 9.68 Å². The Kier molecular flexibility index (Phi) is 24.6. The zero-order valence-corrected chi connectivity index (χ0v) is 33.2. The molecule has 0 spiro atoms. The molecule has 2 aliphatic rings. The van der Waals surface area contributed by atoms with Crippen LogP contribution in [0.1, 0.15) is 62.7 Å². The van der Waals surface area contributed by atoms with Crippen molar-refractivity contribution in [3.8, 4) is 34.5 Å². The Bertz CT molecular complexity index is 1120. The van der Waals surface area contributed by atoms with Crippen LogP contribution in [0.4, 0.5) is 0 Å². The van der Waals surface area contributed by atoms with Gasteiger partial charge >= 0.3 is 103 Å². The fourth-order valence-electron chi connectivity index (χ4n) is 3.21. The van der Waals surface area contributed by atoms with Crippen molar-refractivity contribution in [2.45, 2.75) is 50.6 Å². The van der Waals surface area contributed by atoms with Gasteiger partial charge in [0.25, 0.3) is 6.47 Å². The molecule has 4 rings (SSSR count). The number of halogens is 1. The van der Waals surface area contributed by atoms with Gasteiger partial charge in [0, 0.05) is 28.9 Å². The Labute approximate surface area is 340 Å². The van der Waals surface area contributed by atoms with Crippen LogP contribution in [0.5, 0.6) is 34.5 Å². The standard InChI is InChI=1S/C13H16O4.C10H10O4.C3H7I.CH2O3.2K.H/c1-8(2)17-13-6-9-10(14)4-5-16-11(9)7-12(13)15-3;1-13-10-5-9-6(4-8(10)12)7(11)2-3-14-9;1-3(2)4;2-1-4-3;;;/h6-8H,4-5H2,1-3H3;4-5,12H,2-3H2,1H3;3H,1-2H3;1,3H;;;/q;;;;2*+1;-1/p-1. The molecular weight excluding hydrogens is 705 g/mol. The van der Waals surface area contributed by atoms with Crippen molar-refractivity contribution >= 4 is 40.6 Å². The van der Waals surface area contributed by atoms with Crippen molar-refractivity contribution in [1.82, 2.24) is 0 Å². The number of carbonyl (C=O) groups is 3. The van der Waals surface area contributed by atoms with Crippen molar-refractivity contribution in [3.63, 3.8) is 0 Å². The monoisotopic (exact) mass is 740 g/mol. The van der Waals surface area contributed by atoms with E-state index in [-0.39, 0.29) is 134 Å². The topological polar surface area (TPSA) is 150 Å². The van der Waals surface area contributed by atoms with Crippen LogP contribution in [0.15, 0.2) is 24.3 Å². The van der Waals surface area contributed by atoms with Crippen molar-refractivity contribution < 1.29 is 158 Å². The van der Waals surface area contributed by atoms with E-state index < -0.39 is 0 Å². The second-order valence-electron chi connectivity index (χ2n) is 8.44. The number of rotatable bonds is 5. The number of ether oxygens (including phenoxy) is 5. The summed E-state index contributed by atoms with van der Waals surface area (Å²) in [6, 6.07) is 6.33. The Morgan fingerprint density at radius 1 is 0.878 bits per heavy atom. The Morgan fingerprint density at radius 3 is 1.68 bits per heavy atom. The molecular formula is C27H35IK2O11. The maximum absolute atomic E-state index is 11.7. The van der Waals surface area contributed by atoms with Crippen molar-refractivity contribution in [2.24, 2.45) is 0 Å². The first-order valence-electron chi connectivity index (χ1n) is 12.0. The number of hydrogen-bond donors (Lipinski definition) is 1. The first kappa shape index (κ1) is 43.1. The molecule has 14 heteroatoms. The van der Waals surface area contributed by atoms with E-state index in [1.165, 1.54) is 19.2 Å². The van der Waals surface area contributed by atoms with Gasteiger partial charge in [-0.05, 0) is 26.0 Å². The molecule has 41 heavy (non-hydrogen) atoms. The number of aromatic hydroxyl groups is 1. The van der Waals surface area contributed by atoms with Crippen LogP contribution in [0.2, 0.25) is 0 Å². The third kappa shape index (κ3) is 15.5. The van der Waals surface area contributed by atoms with Gasteiger partial charge in [0.05, 0.1) is 44.7 Å². The van der Waals surface area contributed by atoms with Gasteiger partial charge in [-0.2, -0.15) is 0 Å². The van der Waals surface area contributed by atoms with E-state index >= 15 is 0 Å². The second kappa shape index (κ2) is 23.4. The van der Waals surface area contributed by atoms with Crippen molar-refractivity contribution in [2.75, 3.05) is 27.4 Å². The van der Waals surface area contributed by atoms with E-state index in [9.17, 15) is 14.7 Å². The first-order chi connectivity index (χ1) is 18.5. The molecule has 0 unspecified atom stereocenters. The van der Waals surface area contributed by atoms with Crippen LogP contribution < -0.4 is 132 Å². The van der Waals surface area contributed by atoms with Gasteiger partial charge < -0.3 is 40.4 Å². The number of carbonyl (C=O) groups excluding carboxylic acids is 3. The van der Waals surface area contributed by atoms with Gasteiger partial charge in [-0.15, -0.1) is 0 Å². The smallest absolute Gasteiger partial charge is 1.00 e. The molecule has 2 aromatic rings. The quantitative estimate of drug-likeness (QED) is 0.0925. The van der Waals surface area contributed by atoms with Crippen molar-refractivity contribution in [1.29, 1.82) is 0 Å². The maximum Gasteiger partial charge on any atom is 1.00 e. The summed E-state index contributed by atoms with van der Waals surface area (Å²) in [5.41, 5.74) is 1.00. The summed E-state index contributed by atoms with van der Waals surface area (Å²) >= 11 is 2.34.